The Morgan fingerprint density at radius 2 is 2.29 bits per heavy atom. The highest BCUT2D eigenvalue weighted by Crippen LogP contribution is 2.15. The van der Waals surface area contributed by atoms with Crippen LogP contribution < -0.4 is 10.9 Å². The van der Waals surface area contributed by atoms with Crippen LogP contribution in [0.3, 0.4) is 0 Å². The Bertz CT molecular complexity index is 590. The fraction of sp³-hybridized carbons (Fsp3) is 0.583. The Hall–Kier alpha value is -1.41. The van der Waals surface area contributed by atoms with Crippen LogP contribution in [0, 0.1) is 0 Å². The zero-order valence-electron chi connectivity index (χ0n) is 12.1. The molecule has 0 aliphatic rings. The van der Waals surface area contributed by atoms with E-state index in [2.05, 4.69) is 15.2 Å². The lowest BCUT2D eigenvalue weighted by atomic mass is 10.3. The molecule has 0 saturated carbocycles. The summed E-state index contributed by atoms with van der Waals surface area (Å²) in [6.45, 7) is 2.11. The zero-order valence-corrected chi connectivity index (χ0v) is 13.7. The van der Waals surface area contributed by atoms with Crippen molar-refractivity contribution in [1.29, 1.82) is 0 Å². The van der Waals surface area contributed by atoms with Gasteiger partial charge in [-0.3, -0.25) is 13.8 Å². The number of ether oxygens (including phenoxy) is 1. The fourth-order valence-corrected chi connectivity index (χ4v) is 2.13. The Morgan fingerprint density at radius 3 is 2.86 bits per heavy atom. The van der Waals surface area contributed by atoms with Crippen molar-refractivity contribution < 1.29 is 13.7 Å². The fourth-order valence-electron chi connectivity index (χ4n) is 1.46. The number of methoxy groups -OCH3 is 1. The molecule has 21 heavy (non-hydrogen) atoms. The van der Waals surface area contributed by atoms with E-state index >= 15 is 0 Å². The predicted molar refractivity (Wildman–Crippen MR) is 82.2 cm³/mol. The molecule has 1 aromatic rings. The molecule has 1 heterocycles. The molecule has 0 fully saturated rings. The van der Waals surface area contributed by atoms with Gasteiger partial charge in [0.1, 0.15) is 11.6 Å². The predicted octanol–water partition coefficient (Wildman–Crippen LogP) is 0.639. The number of carbonyl (C=O) groups is 1. The normalized spacial score (nSPS) is 13.5. The SMILES string of the molecule is COC(=O)Cn1ncc(NCCC(C)S(C)=O)c(Cl)c1=O. The van der Waals surface area contributed by atoms with Crippen molar-refractivity contribution in [2.75, 3.05) is 25.2 Å². The second-order valence-electron chi connectivity index (χ2n) is 4.44. The molecule has 0 aliphatic heterocycles. The largest absolute Gasteiger partial charge is 0.468 e. The molecule has 9 heteroatoms. The minimum absolute atomic E-state index is 0.0424. The molecule has 0 aliphatic carbocycles. The van der Waals surface area contributed by atoms with Crippen LogP contribution in [0.5, 0.6) is 0 Å². The van der Waals surface area contributed by atoms with Crippen LogP contribution >= 0.6 is 11.6 Å². The third kappa shape index (κ3) is 5.13. The van der Waals surface area contributed by atoms with Crippen LogP contribution in [0.15, 0.2) is 11.0 Å². The van der Waals surface area contributed by atoms with Crippen molar-refractivity contribution in [3.63, 3.8) is 0 Å². The van der Waals surface area contributed by atoms with Crippen molar-refractivity contribution in [3.05, 3.63) is 21.6 Å². The van der Waals surface area contributed by atoms with Gasteiger partial charge in [0.2, 0.25) is 0 Å². The van der Waals surface area contributed by atoms with Crippen LogP contribution in [0.1, 0.15) is 13.3 Å². The van der Waals surface area contributed by atoms with Crippen LogP contribution in [-0.4, -0.2) is 45.1 Å². The standard InChI is InChI=1S/C12H18ClN3O4S/c1-8(21(3)19)4-5-14-9-6-15-16(7-10(17)20-2)12(18)11(9)13/h6,8,14H,4-5,7H2,1-3H3. The van der Waals surface area contributed by atoms with E-state index in [1.165, 1.54) is 13.3 Å². The number of aromatic nitrogens is 2. The molecule has 1 rings (SSSR count). The molecular weight excluding hydrogens is 318 g/mol. The second kappa shape index (κ2) is 8.14. The van der Waals surface area contributed by atoms with E-state index in [0.29, 0.717) is 18.7 Å². The first-order chi connectivity index (χ1) is 9.86. The van der Waals surface area contributed by atoms with E-state index in [0.717, 1.165) is 4.68 Å². The van der Waals surface area contributed by atoms with Gasteiger partial charge < -0.3 is 10.1 Å². The third-order valence-corrected chi connectivity index (χ3v) is 4.66. The van der Waals surface area contributed by atoms with Gasteiger partial charge in [-0.25, -0.2) is 4.68 Å². The van der Waals surface area contributed by atoms with Gasteiger partial charge in [-0.15, -0.1) is 0 Å². The molecule has 0 radical (unpaired) electrons. The first kappa shape index (κ1) is 17.6. The highest BCUT2D eigenvalue weighted by atomic mass is 35.5. The van der Waals surface area contributed by atoms with Gasteiger partial charge in [-0.1, -0.05) is 18.5 Å². The summed E-state index contributed by atoms with van der Waals surface area (Å²) in [5.41, 5.74) is -0.184. The number of carbonyl (C=O) groups excluding carboxylic acids is 1. The lowest BCUT2D eigenvalue weighted by Gasteiger charge is -2.12. The number of nitrogens with one attached hydrogen (secondary N) is 1. The number of nitrogens with zero attached hydrogens (tertiary/aromatic N) is 2. The Kier molecular flexibility index (Phi) is 6.83. The molecule has 0 saturated heterocycles. The lowest BCUT2D eigenvalue weighted by Crippen LogP contribution is -2.28. The maximum Gasteiger partial charge on any atom is 0.327 e. The van der Waals surface area contributed by atoms with Gasteiger partial charge in [0, 0.05) is 28.9 Å². The number of halogens is 1. The van der Waals surface area contributed by atoms with E-state index in [1.807, 2.05) is 6.92 Å². The molecule has 118 valence electrons. The molecule has 2 unspecified atom stereocenters. The summed E-state index contributed by atoms with van der Waals surface area (Å²) in [4.78, 5) is 23.0. The number of esters is 1. The van der Waals surface area contributed by atoms with Crippen molar-refractivity contribution in [3.8, 4) is 0 Å². The van der Waals surface area contributed by atoms with Gasteiger partial charge in [0.25, 0.3) is 5.56 Å². The van der Waals surface area contributed by atoms with Gasteiger partial charge in [0.05, 0.1) is 19.0 Å². The molecule has 1 N–H and O–H groups in total. The first-order valence-corrected chi connectivity index (χ1v) is 8.25. The van der Waals surface area contributed by atoms with E-state index in [9.17, 15) is 13.8 Å². The number of hydrogen-bond donors (Lipinski definition) is 1. The van der Waals surface area contributed by atoms with Crippen molar-refractivity contribution in [1.82, 2.24) is 9.78 Å². The highest BCUT2D eigenvalue weighted by Gasteiger charge is 2.12. The lowest BCUT2D eigenvalue weighted by molar-refractivity contribution is -0.141. The quantitative estimate of drug-likeness (QED) is 0.735. The topological polar surface area (TPSA) is 90.3 Å². The van der Waals surface area contributed by atoms with Crippen molar-refractivity contribution in [2.45, 2.75) is 25.1 Å². The van der Waals surface area contributed by atoms with Gasteiger partial charge in [-0.05, 0) is 6.42 Å². The van der Waals surface area contributed by atoms with Crippen molar-refractivity contribution >= 4 is 34.1 Å². The Balaban J connectivity index is 2.74. The molecule has 0 aromatic carbocycles. The molecule has 0 spiro atoms. The summed E-state index contributed by atoms with van der Waals surface area (Å²) in [6, 6.07) is 0. The Labute approximate surface area is 130 Å². The van der Waals surface area contributed by atoms with Crippen LogP contribution in [0.25, 0.3) is 0 Å². The van der Waals surface area contributed by atoms with Crippen molar-refractivity contribution in [2.24, 2.45) is 0 Å². The minimum atomic E-state index is -0.895. The van der Waals surface area contributed by atoms with Gasteiger partial charge in [-0.2, -0.15) is 5.10 Å². The molecular formula is C12H18ClN3O4S. The van der Waals surface area contributed by atoms with Crippen LogP contribution in [0.2, 0.25) is 5.02 Å². The Morgan fingerprint density at radius 1 is 1.62 bits per heavy atom. The average molecular weight is 336 g/mol. The second-order valence-corrected chi connectivity index (χ2v) is 6.62. The summed E-state index contributed by atoms with van der Waals surface area (Å²) in [7, 11) is 0.331. The molecule has 7 nitrogen and oxygen atoms in total. The van der Waals surface area contributed by atoms with Crippen LogP contribution in [-0.2, 0) is 26.9 Å². The average Bonchev–Trinajstić information content (AvgIpc) is 2.45. The third-order valence-electron chi connectivity index (χ3n) is 2.92. The molecule has 0 bridgehead atoms. The molecule has 2 atom stereocenters. The molecule has 1 aromatic heterocycles. The maximum absolute atomic E-state index is 11.9. The summed E-state index contributed by atoms with van der Waals surface area (Å²) in [5, 5.41) is 6.83. The summed E-state index contributed by atoms with van der Waals surface area (Å²) in [5.74, 6) is -0.583. The molecule has 0 amide bonds. The minimum Gasteiger partial charge on any atom is -0.468 e. The maximum atomic E-state index is 11.9. The van der Waals surface area contributed by atoms with E-state index < -0.39 is 22.3 Å². The van der Waals surface area contributed by atoms with E-state index in [1.54, 1.807) is 6.26 Å². The van der Waals surface area contributed by atoms with Gasteiger partial charge in [0.15, 0.2) is 0 Å². The van der Waals surface area contributed by atoms with E-state index in [-0.39, 0.29) is 16.8 Å². The first-order valence-electron chi connectivity index (χ1n) is 6.25. The number of anilines is 1. The van der Waals surface area contributed by atoms with Crippen LogP contribution in [0.4, 0.5) is 5.69 Å². The summed E-state index contributed by atoms with van der Waals surface area (Å²) < 4.78 is 16.6. The van der Waals surface area contributed by atoms with E-state index in [4.69, 9.17) is 11.6 Å². The summed E-state index contributed by atoms with van der Waals surface area (Å²) >= 11 is 5.95. The number of rotatable bonds is 7. The number of hydrogen-bond acceptors (Lipinski definition) is 6. The smallest absolute Gasteiger partial charge is 0.327 e. The summed E-state index contributed by atoms with van der Waals surface area (Å²) in [6.07, 6.45) is 3.69. The monoisotopic (exact) mass is 335 g/mol. The highest BCUT2D eigenvalue weighted by molar-refractivity contribution is 7.84. The zero-order chi connectivity index (χ0) is 16.0. The van der Waals surface area contributed by atoms with Gasteiger partial charge >= 0.3 is 5.97 Å².